The maximum atomic E-state index is 13.7. The van der Waals surface area contributed by atoms with Crippen molar-refractivity contribution in [3.63, 3.8) is 0 Å². The van der Waals surface area contributed by atoms with Crippen LogP contribution in [0.2, 0.25) is 5.02 Å². The van der Waals surface area contributed by atoms with Crippen LogP contribution in [0.1, 0.15) is 38.3 Å². The summed E-state index contributed by atoms with van der Waals surface area (Å²) in [6, 6.07) is 19.1. The largest absolute Gasteiger partial charge is 0.465 e. The molecule has 0 aromatic heterocycles. The fourth-order valence-electron chi connectivity index (χ4n) is 4.10. The topological polar surface area (TPSA) is 84.0 Å². The number of carbonyl (C=O) groups excluding carboxylic acids is 4. The number of esters is 1. The lowest BCUT2D eigenvalue weighted by Crippen LogP contribution is -2.45. The number of hydrogen-bond donors (Lipinski definition) is 0. The maximum absolute atomic E-state index is 13.7. The molecule has 4 rings (SSSR count). The van der Waals surface area contributed by atoms with E-state index < -0.39 is 23.8 Å². The van der Waals surface area contributed by atoms with Gasteiger partial charge in [0, 0.05) is 17.1 Å². The van der Waals surface area contributed by atoms with Crippen molar-refractivity contribution in [1.82, 2.24) is 4.90 Å². The first-order valence-electron chi connectivity index (χ1n) is 11.0. The van der Waals surface area contributed by atoms with Gasteiger partial charge in [0.15, 0.2) is 0 Å². The second kappa shape index (κ2) is 10.1. The average Bonchev–Trinajstić information content (AvgIpc) is 3.16. The van der Waals surface area contributed by atoms with Crippen molar-refractivity contribution >= 4 is 41.0 Å². The van der Waals surface area contributed by atoms with Crippen molar-refractivity contribution in [2.24, 2.45) is 0 Å². The van der Waals surface area contributed by atoms with E-state index in [0.717, 1.165) is 10.5 Å². The van der Waals surface area contributed by atoms with Crippen molar-refractivity contribution < 1.29 is 23.9 Å². The van der Waals surface area contributed by atoms with Crippen LogP contribution in [0.25, 0.3) is 0 Å². The Balaban J connectivity index is 1.69. The van der Waals surface area contributed by atoms with Crippen LogP contribution in [-0.4, -0.2) is 41.7 Å². The van der Waals surface area contributed by atoms with E-state index in [1.165, 1.54) is 36.3 Å². The van der Waals surface area contributed by atoms with Gasteiger partial charge in [0.05, 0.1) is 24.8 Å². The molecular weight excluding hydrogens is 468 g/mol. The number of rotatable bonds is 6. The van der Waals surface area contributed by atoms with Gasteiger partial charge in [0.2, 0.25) is 5.91 Å². The Bertz CT molecular complexity index is 1300. The number of aryl methyl sites for hydroxylation is 1. The molecule has 1 heterocycles. The number of hydrogen-bond acceptors (Lipinski definition) is 5. The summed E-state index contributed by atoms with van der Waals surface area (Å²) in [5.41, 5.74) is 2.48. The molecule has 35 heavy (non-hydrogen) atoms. The van der Waals surface area contributed by atoms with Gasteiger partial charge in [-0.15, -0.1) is 0 Å². The van der Waals surface area contributed by atoms with Crippen LogP contribution >= 0.6 is 11.6 Å². The van der Waals surface area contributed by atoms with Crippen LogP contribution in [0.5, 0.6) is 0 Å². The standard InChI is InChI=1S/C27H23ClN2O5/c1-17-7-3-5-9-21(17)25(32)29(16-19-8-4-6-10-22(19)28)23-15-24(31)30(26(23)33)20-13-11-18(12-14-20)27(34)35-2/h3-14,23H,15-16H2,1-2H3. The lowest BCUT2D eigenvalue weighted by molar-refractivity contribution is -0.122. The molecule has 0 spiro atoms. The molecule has 3 aromatic rings. The van der Waals surface area contributed by atoms with Crippen molar-refractivity contribution in [2.75, 3.05) is 12.0 Å². The molecule has 178 valence electrons. The molecule has 0 aliphatic carbocycles. The molecule has 0 radical (unpaired) electrons. The van der Waals surface area contributed by atoms with Gasteiger partial charge in [-0.3, -0.25) is 14.4 Å². The summed E-state index contributed by atoms with van der Waals surface area (Å²) in [5, 5.41) is 0.460. The Kier molecular flexibility index (Phi) is 6.98. The number of carbonyl (C=O) groups is 4. The van der Waals surface area contributed by atoms with Crippen LogP contribution in [0, 0.1) is 6.92 Å². The van der Waals surface area contributed by atoms with Crippen molar-refractivity contribution in [1.29, 1.82) is 0 Å². The molecule has 1 unspecified atom stereocenters. The minimum absolute atomic E-state index is 0.0612. The van der Waals surface area contributed by atoms with E-state index in [0.29, 0.717) is 27.4 Å². The Morgan fingerprint density at radius 2 is 1.66 bits per heavy atom. The second-order valence-electron chi connectivity index (χ2n) is 8.17. The zero-order valence-corrected chi connectivity index (χ0v) is 20.0. The summed E-state index contributed by atoms with van der Waals surface area (Å²) in [4.78, 5) is 54.3. The molecule has 7 nitrogen and oxygen atoms in total. The first-order chi connectivity index (χ1) is 16.8. The smallest absolute Gasteiger partial charge is 0.337 e. The third-order valence-corrected chi connectivity index (χ3v) is 6.35. The van der Waals surface area contributed by atoms with E-state index in [1.807, 2.05) is 19.1 Å². The predicted octanol–water partition coefficient (Wildman–Crippen LogP) is 4.41. The predicted molar refractivity (Wildman–Crippen MR) is 131 cm³/mol. The molecule has 1 aliphatic heterocycles. The highest BCUT2D eigenvalue weighted by Crippen LogP contribution is 2.29. The van der Waals surface area contributed by atoms with E-state index >= 15 is 0 Å². The van der Waals surface area contributed by atoms with Crippen LogP contribution in [0.4, 0.5) is 5.69 Å². The molecule has 8 heteroatoms. The van der Waals surface area contributed by atoms with Gasteiger partial charge in [0.25, 0.3) is 11.8 Å². The fourth-order valence-corrected chi connectivity index (χ4v) is 4.29. The third-order valence-electron chi connectivity index (χ3n) is 5.98. The van der Waals surface area contributed by atoms with E-state index in [1.54, 1.807) is 36.4 Å². The third kappa shape index (κ3) is 4.81. The van der Waals surface area contributed by atoms with Gasteiger partial charge in [-0.25, -0.2) is 9.69 Å². The molecule has 1 aliphatic rings. The van der Waals surface area contributed by atoms with Gasteiger partial charge in [-0.05, 0) is 54.4 Å². The van der Waals surface area contributed by atoms with Crippen LogP contribution < -0.4 is 4.90 Å². The first-order valence-corrected chi connectivity index (χ1v) is 11.3. The summed E-state index contributed by atoms with van der Waals surface area (Å²) in [5.74, 6) is -1.84. The van der Waals surface area contributed by atoms with E-state index in [4.69, 9.17) is 16.3 Å². The summed E-state index contributed by atoms with van der Waals surface area (Å²) in [7, 11) is 1.27. The second-order valence-corrected chi connectivity index (χ2v) is 8.57. The van der Waals surface area contributed by atoms with Crippen LogP contribution in [0.15, 0.2) is 72.8 Å². The molecule has 3 amide bonds. The molecular formula is C27H23ClN2O5. The molecule has 1 atom stereocenters. The fraction of sp³-hybridized carbons (Fsp3) is 0.185. The van der Waals surface area contributed by atoms with E-state index in [2.05, 4.69) is 0 Å². The Morgan fingerprint density at radius 1 is 1.00 bits per heavy atom. The highest BCUT2D eigenvalue weighted by atomic mass is 35.5. The number of ether oxygens (including phenoxy) is 1. The summed E-state index contributed by atoms with van der Waals surface area (Å²) < 4.78 is 4.70. The first kappa shape index (κ1) is 24.2. The number of imide groups is 1. The lowest BCUT2D eigenvalue weighted by Gasteiger charge is -2.28. The van der Waals surface area contributed by atoms with E-state index in [-0.39, 0.29) is 18.9 Å². The SMILES string of the molecule is COC(=O)c1ccc(N2C(=O)CC(N(Cc3ccccc3Cl)C(=O)c3ccccc3C)C2=O)cc1. The number of amides is 3. The highest BCUT2D eigenvalue weighted by molar-refractivity contribution is 6.31. The van der Waals surface area contributed by atoms with Gasteiger partial charge in [-0.1, -0.05) is 48.0 Å². The minimum Gasteiger partial charge on any atom is -0.465 e. The van der Waals surface area contributed by atoms with Gasteiger partial charge in [0.1, 0.15) is 6.04 Å². The molecule has 0 bridgehead atoms. The van der Waals surface area contributed by atoms with Gasteiger partial charge in [-0.2, -0.15) is 0 Å². The number of methoxy groups -OCH3 is 1. The quantitative estimate of drug-likeness (QED) is 0.377. The molecule has 3 aromatic carbocycles. The Labute approximate surface area is 207 Å². The average molecular weight is 491 g/mol. The van der Waals surface area contributed by atoms with Crippen LogP contribution in [-0.2, 0) is 20.9 Å². The van der Waals surface area contributed by atoms with Gasteiger partial charge >= 0.3 is 5.97 Å². The normalized spacial score (nSPS) is 15.3. The number of halogens is 1. The number of nitrogens with zero attached hydrogens (tertiary/aromatic N) is 2. The monoisotopic (exact) mass is 490 g/mol. The molecule has 0 saturated carbocycles. The summed E-state index contributed by atoms with van der Waals surface area (Å²) >= 11 is 6.36. The van der Waals surface area contributed by atoms with Crippen LogP contribution in [0.3, 0.4) is 0 Å². The molecule has 1 fully saturated rings. The lowest BCUT2D eigenvalue weighted by atomic mass is 10.0. The van der Waals surface area contributed by atoms with Crippen molar-refractivity contribution in [3.05, 3.63) is 100 Å². The van der Waals surface area contributed by atoms with Crippen molar-refractivity contribution in [2.45, 2.75) is 25.9 Å². The minimum atomic E-state index is -1.01. The summed E-state index contributed by atoms with van der Waals surface area (Å²) in [6.45, 7) is 1.88. The van der Waals surface area contributed by atoms with Crippen molar-refractivity contribution in [3.8, 4) is 0 Å². The van der Waals surface area contributed by atoms with E-state index in [9.17, 15) is 19.2 Å². The Hall–Kier alpha value is -3.97. The summed E-state index contributed by atoms with van der Waals surface area (Å²) in [6.07, 6.45) is -0.167. The highest BCUT2D eigenvalue weighted by Gasteiger charge is 2.44. The molecule has 1 saturated heterocycles. The number of anilines is 1. The maximum Gasteiger partial charge on any atom is 0.337 e. The number of benzene rings is 3. The zero-order chi connectivity index (χ0) is 25.1. The Morgan fingerprint density at radius 3 is 2.31 bits per heavy atom. The van der Waals surface area contributed by atoms with Gasteiger partial charge < -0.3 is 9.64 Å². The zero-order valence-electron chi connectivity index (χ0n) is 19.2. The molecule has 0 N–H and O–H groups in total.